The summed E-state index contributed by atoms with van der Waals surface area (Å²) < 4.78 is 29.0. The molecule has 188 valence electrons. The second-order valence-corrected chi connectivity index (χ2v) is 9.77. The number of hydrogen-bond donors (Lipinski definition) is 1. The van der Waals surface area contributed by atoms with Crippen molar-refractivity contribution in [3.8, 4) is 11.5 Å². The number of benzene rings is 2. The smallest absolute Gasteiger partial charge is 0.328 e. The maximum Gasteiger partial charge on any atom is 0.328 e. The Balaban J connectivity index is 1.27. The van der Waals surface area contributed by atoms with Gasteiger partial charge in [-0.2, -0.15) is 0 Å². The quantitative estimate of drug-likeness (QED) is 0.450. The van der Waals surface area contributed by atoms with E-state index in [9.17, 15) is 9.18 Å². The van der Waals surface area contributed by atoms with Crippen LogP contribution in [0.15, 0.2) is 48.7 Å². The second kappa shape index (κ2) is 9.59. The van der Waals surface area contributed by atoms with Gasteiger partial charge in [0.25, 0.3) is 5.79 Å². The molecular formula is C27H27ClFN3O4. The monoisotopic (exact) mass is 511 g/mol. The van der Waals surface area contributed by atoms with Crippen LogP contribution in [-0.4, -0.2) is 38.6 Å². The third-order valence-corrected chi connectivity index (χ3v) is 7.18. The van der Waals surface area contributed by atoms with Crippen LogP contribution in [0, 0.1) is 5.82 Å². The SMILES string of the molecule is Cn1c(/C=C/C(=O)O)cnc1CN1CCC(c2cccc3c2OC(C)(c2ccc(Cl)cc2F)O3)CC1. The number of imidazole rings is 1. The first-order valence-electron chi connectivity index (χ1n) is 11.8. The highest BCUT2D eigenvalue weighted by Crippen LogP contribution is 2.49. The predicted octanol–water partition coefficient (Wildman–Crippen LogP) is 5.33. The lowest BCUT2D eigenvalue weighted by Crippen LogP contribution is -2.34. The lowest BCUT2D eigenvalue weighted by atomic mass is 9.88. The summed E-state index contributed by atoms with van der Waals surface area (Å²) in [6.07, 6.45) is 6.21. The van der Waals surface area contributed by atoms with Gasteiger partial charge < -0.3 is 19.1 Å². The van der Waals surface area contributed by atoms with Gasteiger partial charge in [-0.1, -0.05) is 23.7 Å². The molecular weight excluding hydrogens is 485 g/mol. The average molecular weight is 512 g/mol. The number of para-hydroxylation sites is 1. The largest absolute Gasteiger partial charge is 0.478 e. The first kappa shape index (κ1) is 24.3. The van der Waals surface area contributed by atoms with E-state index in [1.165, 1.54) is 6.07 Å². The Morgan fingerprint density at radius 3 is 2.78 bits per heavy atom. The molecule has 2 aromatic carbocycles. The van der Waals surface area contributed by atoms with E-state index in [0.717, 1.165) is 49.1 Å². The molecule has 5 rings (SSSR count). The highest BCUT2D eigenvalue weighted by molar-refractivity contribution is 6.30. The summed E-state index contributed by atoms with van der Waals surface area (Å²) in [4.78, 5) is 17.6. The first-order valence-corrected chi connectivity index (χ1v) is 12.2. The van der Waals surface area contributed by atoms with Gasteiger partial charge in [-0.3, -0.25) is 4.90 Å². The first-order chi connectivity index (χ1) is 17.2. The Morgan fingerprint density at radius 1 is 1.28 bits per heavy atom. The van der Waals surface area contributed by atoms with Gasteiger partial charge in [-0.05, 0) is 62.2 Å². The second-order valence-electron chi connectivity index (χ2n) is 9.33. The van der Waals surface area contributed by atoms with Crippen molar-refractivity contribution in [2.45, 2.75) is 38.0 Å². The van der Waals surface area contributed by atoms with E-state index in [0.29, 0.717) is 28.6 Å². The number of nitrogens with zero attached hydrogens (tertiary/aromatic N) is 3. The van der Waals surface area contributed by atoms with Crippen LogP contribution in [0.5, 0.6) is 11.5 Å². The number of aliphatic carboxylic acids is 1. The molecule has 2 aliphatic heterocycles. The van der Waals surface area contributed by atoms with Crippen LogP contribution in [0.2, 0.25) is 5.02 Å². The minimum Gasteiger partial charge on any atom is -0.478 e. The van der Waals surface area contributed by atoms with Gasteiger partial charge in [-0.15, -0.1) is 0 Å². The topological polar surface area (TPSA) is 76.8 Å². The van der Waals surface area contributed by atoms with Crippen molar-refractivity contribution in [3.05, 3.63) is 82.2 Å². The van der Waals surface area contributed by atoms with Crippen LogP contribution in [-0.2, 0) is 24.2 Å². The van der Waals surface area contributed by atoms with E-state index in [1.807, 2.05) is 23.7 Å². The number of rotatable bonds is 6. The number of aromatic nitrogens is 2. The highest BCUT2D eigenvalue weighted by atomic mass is 35.5. The van der Waals surface area contributed by atoms with Crippen LogP contribution in [0.25, 0.3) is 6.08 Å². The van der Waals surface area contributed by atoms with Crippen molar-refractivity contribution < 1.29 is 23.8 Å². The number of carboxylic acid groups (broad SMARTS) is 1. The van der Waals surface area contributed by atoms with Crippen LogP contribution in [0.4, 0.5) is 4.39 Å². The fourth-order valence-corrected chi connectivity index (χ4v) is 5.12. The molecule has 0 spiro atoms. The standard InChI is InChI=1S/C27H27ClFN3O4/c1-27(21-8-6-18(28)14-22(21)29)35-23-5-3-4-20(26(23)36-27)17-10-12-32(13-11-17)16-24-30-15-19(31(24)2)7-9-25(33)34/h3-9,14-15,17H,10-13,16H2,1-2H3,(H,33,34)/b9-7+. The summed E-state index contributed by atoms with van der Waals surface area (Å²) in [5.74, 6) is -0.264. The fourth-order valence-electron chi connectivity index (χ4n) is 4.96. The number of carbonyl (C=O) groups is 1. The number of ether oxygens (including phenoxy) is 2. The molecule has 0 bridgehead atoms. The molecule has 0 saturated carbocycles. The van der Waals surface area contributed by atoms with Gasteiger partial charge in [0, 0.05) is 30.6 Å². The van der Waals surface area contributed by atoms with Gasteiger partial charge in [0.05, 0.1) is 24.0 Å². The summed E-state index contributed by atoms with van der Waals surface area (Å²) in [7, 11) is 1.89. The Labute approximate surface area is 213 Å². The molecule has 0 aliphatic carbocycles. The van der Waals surface area contributed by atoms with E-state index >= 15 is 0 Å². The van der Waals surface area contributed by atoms with Gasteiger partial charge in [0.2, 0.25) is 0 Å². The zero-order valence-corrected chi connectivity index (χ0v) is 20.8. The number of halogens is 2. The molecule has 9 heteroatoms. The summed E-state index contributed by atoms with van der Waals surface area (Å²) in [6, 6.07) is 10.4. The number of likely N-dealkylation sites (tertiary alicyclic amines) is 1. The maximum absolute atomic E-state index is 14.7. The van der Waals surface area contributed by atoms with Gasteiger partial charge in [-0.25, -0.2) is 14.2 Å². The zero-order chi connectivity index (χ0) is 25.4. The number of carboxylic acids is 1. The maximum atomic E-state index is 14.7. The van der Waals surface area contributed by atoms with Crippen LogP contribution < -0.4 is 9.47 Å². The summed E-state index contributed by atoms with van der Waals surface area (Å²) >= 11 is 5.93. The Morgan fingerprint density at radius 2 is 2.06 bits per heavy atom. The summed E-state index contributed by atoms with van der Waals surface area (Å²) in [5.41, 5.74) is 2.12. The van der Waals surface area contributed by atoms with Crippen molar-refractivity contribution in [1.82, 2.24) is 14.5 Å². The van der Waals surface area contributed by atoms with E-state index < -0.39 is 17.6 Å². The lowest BCUT2D eigenvalue weighted by molar-refractivity contribution is -0.131. The van der Waals surface area contributed by atoms with E-state index in [-0.39, 0.29) is 5.92 Å². The highest BCUT2D eigenvalue weighted by Gasteiger charge is 2.42. The molecule has 36 heavy (non-hydrogen) atoms. The predicted molar refractivity (Wildman–Crippen MR) is 134 cm³/mol. The molecule has 2 aliphatic rings. The van der Waals surface area contributed by atoms with Crippen LogP contribution >= 0.6 is 11.6 Å². The Bertz CT molecular complexity index is 1330. The molecule has 1 N–H and O–H groups in total. The summed E-state index contributed by atoms with van der Waals surface area (Å²) in [6.45, 7) is 4.17. The van der Waals surface area contributed by atoms with Crippen molar-refractivity contribution in [2.24, 2.45) is 7.05 Å². The molecule has 3 heterocycles. The average Bonchev–Trinajstić information content (AvgIpc) is 3.37. The van der Waals surface area contributed by atoms with Gasteiger partial charge >= 0.3 is 5.97 Å². The van der Waals surface area contributed by atoms with Gasteiger partial charge in [0.1, 0.15) is 11.6 Å². The van der Waals surface area contributed by atoms with Gasteiger partial charge in [0.15, 0.2) is 11.5 Å². The Hall–Kier alpha value is -3.36. The lowest BCUT2D eigenvalue weighted by Gasteiger charge is -2.32. The molecule has 1 atom stereocenters. The number of piperidine rings is 1. The van der Waals surface area contributed by atoms with Crippen molar-refractivity contribution in [3.63, 3.8) is 0 Å². The number of hydrogen-bond acceptors (Lipinski definition) is 5. The fraction of sp³-hybridized carbons (Fsp3) is 0.333. The van der Waals surface area contributed by atoms with Crippen molar-refractivity contribution in [2.75, 3.05) is 13.1 Å². The molecule has 1 saturated heterocycles. The van der Waals surface area contributed by atoms with Crippen molar-refractivity contribution >= 4 is 23.6 Å². The molecule has 7 nitrogen and oxygen atoms in total. The minimum atomic E-state index is -1.27. The third-order valence-electron chi connectivity index (χ3n) is 6.94. The van der Waals surface area contributed by atoms with Crippen LogP contribution in [0.1, 0.15) is 48.3 Å². The normalized spacial score (nSPS) is 20.3. The number of fused-ring (bicyclic) bond motifs is 1. The van der Waals surface area contributed by atoms with E-state index in [2.05, 4.69) is 16.0 Å². The van der Waals surface area contributed by atoms with Crippen molar-refractivity contribution in [1.29, 1.82) is 0 Å². The van der Waals surface area contributed by atoms with E-state index in [1.54, 1.807) is 31.3 Å². The molecule has 1 fully saturated rings. The molecule has 0 radical (unpaired) electrons. The third kappa shape index (κ3) is 4.70. The zero-order valence-electron chi connectivity index (χ0n) is 20.1. The van der Waals surface area contributed by atoms with Crippen LogP contribution in [0.3, 0.4) is 0 Å². The molecule has 1 aromatic heterocycles. The van der Waals surface area contributed by atoms with E-state index in [4.69, 9.17) is 26.2 Å². The molecule has 1 unspecified atom stereocenters. The minimum absolute atomic E-state index is 0.285. The Kier molecular flexibility index (Phi) is 6.49. The molecule has 3 aromatic rings. The molecule has 0 amide bonds. The summed E-state index contributed by atoms with van der Waals surface area (Å²) in [5, 5.41) is 9.18.